The fraction of sp³-hybridized carbons (Fsp3) is 0.385. The van der Waals surface area contributed by atoms with Gasteiger partial charge in [0.05, 0.1) is 11.5 Å². The summed E-state index contributed by atoms with van der Waals surface area (Å²) in [6.07, 6.45) is 8.57. The molecule has 0 heterocycles. The van der Waals surface area contributed by atoms with Crippen molar-refractivity contribution in [3.63, 3.8) is 0 Å². The molecule has 3 nitrogen and oxygen atoms in total. The van der Waals surface area contributed by atoms with Crippen molar-refractivity contribution in [1.29, 1.82) is 0 Å². The third-order valence-electron chi connectivity index (χ3n) is 2.24. The summed E-state index contributed by atoms with van der Waals surface area (Å²) in [4.78, 5) is 0.182. The first-order valence-corrected chi connectivity index (χ1v) is 6.83. The summed E-state index contributed by atoms with van der Waals surface area (Å²) in [5, 5.41) is 0. The van der Waals surface area contributed by atoms with Crippen LogP contribution >= 0.6 is 0 Å². The van der Waals surface area contributed by atoms with Crippen LogP contribution < -0.4 is 18.9 Å². The molecule has 0 N–H and O–H groups in total. The van der Waals surface area contributed by atoms with Crippen molar-refractivity contribution >= 4 is 10.1 Å². The molecule has 0 saturated carbocycles. The summed E-state index contributed by atoms with van der Waals surface area (Å²) < 4.78 is 28.3. The molecule has 0 amide bonds. The smallest absolute Gasteiger partial charge is 0.694 e. The van der Waals surface area contributed by atoms with Crippen LogP contribution in [0, 0.1) is 19.3 Å². The molecule has 1 aromatic carbocycles. The van der Waals surface area contributed by atoms with Crippen LogP contribution in [-0.2, 0) is 14.3 Å². The Balaban J connectivity index is 0.00000289. The predicted molar refractivity (Wildman–Crippen MR) is 65.3 cm³/mol. The van der Waals surface area contributed by atoms with Crippen LogP contribution in [0.4, 0.5) is 0 Å². The van der Waals surface area contributed by atoms with E-state index in [0.717, 1.165) is 5.56 Å². The van der Waals surface area contributed by atoms with Crippen LogP contribution in [-0.4, -0.2) is 15.0 Å². The van der Waals surface area contributed by atoms with E-state index in [-0.39, 0.29) is 30.4 Å². The number of aryl methyl sites for hydroxylation is 1. The van der Waals surface area contributed by atoms with Crippen molar-refractivity contribution in [1.82, 2.24) is 0 Å². The summed E-state index contributed by atoms with van der Waals surface area (Å²) in [5.41, 5.74) is 1.01. The molecule has 0 saturated heterocycles. The zero-order chi connectivity index (χ0) is 12.7. The van der Waals surface area contributed by atoms with Crippen LogP contribution in [0.2, 0.25) is 0 Å². The number of unbranched alkanes of at least 4 members (excludes halogenated alkanes) is 2. The zero-order valence-corrected chi connectivity index (χ0v) is 11.6. The van der Waals surface area contributed by atoms with Gasteiger partial charge in [0, 0.05) is 0 Å². The minimum absolute atomic E-state index is 0. The van der Waals surface area contributed by atoms with Crippen molar-refractivity contribution < 1.29 is 31.5 Å². The molecule has 0 fully saturated rings. The van der Waals surface area contributed by atoms with Gasteiger partial charge in [0.15, 0.2) is 0 Å². The van der Waals surface area contributed by atoms with Gasteiger partial charge < -0.3 is 12.3 Å². The average molecular weight is 258 g/mol. The molecule has 0 atom stereocenters. The third-order valence-corrected chi connectivity index (χ3v) is 3.57. The zero-order valence-electron chi connectivity index (χ0n) is 10.8. The molecule has 1 aromatic rings. The van der Waals surface area contributed by atoms with Gasteiger partial charge in [-0.25, -0.2) is 0 Å². The molecule has 5 heteroatoms. The van der Waals surface area contributed by atoms with E-state index in [4.69, 9.17) is 10.6 Å². The predicted octanol–water partition coefficient (Wildman–Crippen LogP) is -0.536. The van der Waals surface area contributed by atoms with E-state index < -0.39 is 10.1 Å². The second kappa shape index (κ2) is 8.40. The Kier molecular flexibility index (Phi) is 8.07. The summed E-state index contributed by atoms with van der Waals surface area (Å²) >= 11 is 0. The Morgan fingerprint density at radius 1 is 1.22 bits per heavy atom. The molecule has 0 aliphatic heterocycles. The standard InChI is InChI=1S/C13H15O3S.Li/c1-3-4-5-6-11-16-17(14,15)13-9-7-12(2)8-10-13;/h7-10H,4-6,11H2,2H3;/q-1;+1. The van der Waals surface area contributed by atoms with E-state index in [1.165, 1.54) is 12.1 Å². The van der Waals surface area contributed by atoms with E-state index >= 15 is 0 Å². The first kappa shape index (κ1) is 17.3. The molecule has 0 unspecified atom stereocenters. The van der Waals surface area contributed by atoms with Crippen LogP contribution in [0.5, 0.6) is 0 Å². The topological polar surface area (TPSA) is 43.4 Å². The van der Waals surface area contributed by atoms with Crippen LogP contribution in [0.15, 0.2) is 29.2 Å². The number of benzene rings is 1. The molecule has 18 heavy (non-hydrogen) atoms. The molecular formula is C13H15LiO3S. The van der Waals surface area contributed by atoms with E-state index in [0.29, 0.717) is 19.3 Å². The minimum atomic E-state index is -3.63. The summed E-state index contributed by atoms with van der Waals surface area (Å²) in [6.45, 7) is 2.04. The maximum Gasteiger partial charge on any atom is 1.00 e. The van der Waals surface area contributed by atoms with Gasteiger partial charge in [0.25, 0.3) is 10.1 Å². The average Bonchev–Trinajstić information content (AvgIpc) is 2.29. The molecule has 0 bridgehead atoms. The maximum atomic E-state index is 11.7. The molecule has 0 spiro atoms. The Hall–Kier alpha value is -0.713. The van der Waals surface area contributed by atoms with Crippen molar-refractivity contribution in [3.05, 3.63) is 36.3 Å². The quantitative estimate of drug-likeness (QED) is 0.226. The number of hydrogen-bond donors (Lipinski definition) is 0. The van der Waals surface area contributed by atoms with E-state index in [1.807, 2.05) is 6.92 Å². The van der Waals surface area contributed by atoms with Gasteiger partial charge >= 0.3 is 18.9 Å². The Morgan fingerprint density at radius 2 is 1.83 bits per heavy atom. The summed E-state index contributed by atoms with van der Waals surface area (Å²) in [6, 6.07) is 6.55. The van der Waals surface area contributed by atoms with E-state index in [9.17, 15) is 8.42 Å². The SMILES string of the molecule is [C-]#CCCCCOS(=O)(=O)c1ccc(C)cc1.[Li+]. The van der Waals surface area contributed by atoms with Gasteiger partial charge in [0.2, 0.25) is 0 Å². The Labute approximate surface area is 121 Å². The van der Waals surface area contributed by atoms with Crippen LogP contribution in [0.3, 0.4) is 0 Å². The fourth-order valence-electron chi connectivity index (χ4n) is 1.26. The molecule has 0 radical (unpaired) electrons. The van der Waals surface area contributed by atoms with Crippen molar-refractivity contribution in [2.24, 2.45) is 0 Å². The third kappa shape index (κ3) is 5.75. The van der Waals surface area contributed by atoms with E-state index in [2.05, 4.69) is 5.92 Å². The number of hydrogen-bond acceptors (Lipinski definition) is 3. The molecule has 92 valence electrons. The van der Waals surface area contributed by atoms with Gasteiger partial charge in [-0.3, -0.25) is 4.18 Å². The molecule has 0 aliphatic carbocycles. The minimum Gasteiger partial charge on any atom is -0.694 e. The second-order valence-corrected chi connectivity index (χ2v) is 5.34. The Bertz CT molecular complexity index is 486. The van der Waals surface area contributed by atoms with Crippen molar-refractivity contribution in [2.75, 3.05) is 6.61 Å². The fourth-order valence-corrected chi connectivity index (χ4v) is 2.20. The Morgan fingerprint density at radius 3 is 2.39 bits per heavy atom. The van der Waals surface area contributed by atoms with Gasteiger partial charge in [0.1, 0.15) is 0 Å². The van der Waals surface area contributed by atoms with Crippen LogP contribution in [0.1, 0.15) is 24.8 Å². The van der Waals surface area contributed by atoms with Gasteiger partial charge in [-0.2, -0.15) is 8.42 Å². The molecule has 0 aliphatic rings. The van der Waals surface area contributed by atoms with Gasteiger partial charge in [-0.15, -0.1) is 0 Å². The molecular weight excluding hydrogens is 243 g/mol. The van der Waals surface area contributed by atoms with E-state index in [1.54, 1.807) is 12.1 Å². The molecule has 0 aromatic heterocycles. The van der Waals surface area contributed by atoms with Gasteiger partial charge in [-0.1, -0.05) is 17.7 Å². The van der Waals surface area contributed by atoms with Crippen molar-refractivity contribution in [3.8, 4) is 5.92 Å². The second-order valence-electron chi connectivity index (χ2n) is 3.72. The normalized spacial score (nSPS) is 10.4. The largest absolute Gasteiger partial charge is 1.00 e. The first-order valence-electron chi connectivity index (χ1n) is 5.42. The van der Waals surface area contributed by atoms with Crippen LogP contribution in [0.25, 0.3) is 0 Å². The van der Waals surface area contributed by atoms with Crippen molar-refractivity contribution in [2.45, 2.75) is 31.1 Å². The molecule has 1 rings (SSSR count). The first-order chi connectivity index (χ1) is 8.06. The maximum absolute atomic E-state index is 11.7. The number of rotatable bonds is 6. The summed E-state index contributed by atoms with van der Waals surface area (Å²) in [5.74, 6) is 2.25. The summed E-state index contributed by atoms with van der Waals surface area (Å²) in [7, 11) is -3.63. The monoisotopic (exact) mass is 258 g/mol. The van der Waals surface area contributed by atoms with Gasteiger partial charge in [-0.05, 0) is 38.3 Å².